The Morgan fingerprint density at radius 2 is 0.333 bits per heavy atom. The Morgan fingerprint density at radius 1 is 0.205 bits per heavy atom. The van der Waals surface area contributed by atoms with Gasteiger partial charge in [-0.2, -0.15) is 0 Å². The number of hydrogen-bond donors (Lipinski definition) is 0. The fraction of sp³-hybridized carbons (Fsp3) is 0. The standard InChI is InChI=1S/2C18H15P.Bi/c2*1-4-10-16(11-5-1)19(17-12-6-2-7-13-17)18-14-8-3-9-15-18;/h2*1-15H;. The van der Waals surface area contributed by atoms with Crippen LogP contribution in [0.1, 0.15) is 0 Å². The van der Waals surface area contributed by atoms with Crippen LogP contribution in [0.5, 0.6) is 0 Å². The van der Waals surface area contributed by atoms with Crippen LogP contribution in [0.15, 0.2) is 182 Å². The van der Waals surface area contributed by atoms with Crippen LogP contribution < -0.4 is 31.8 Å². The summed E-state index contributed by atoms with van der Waals surface area (Å²) in [6, 6.07) is 64.7. The molecule has 189 valence electrons. The molecule has 0 unspecified atom stereocenters. The Morgan fingerprint density at radius 3 is 0.462 bits per heavy atom. The molecule has 6 aromatic carbocycles. The van der Waals surface area contributed by atoms with E-state index in [-0.39, 0.29) is 26.2 Å². The van der Waals surface area contributed by atoms with Gasteiger partial charge in [0.15, 0.2) is 0 Å². The Bertz CT molecular complexity index is 1170. The Kier molecular flexibility index (Phi) is 11.6. The quantitative estimate of drug-likeness (QED) is 0.135. The van der Waals surface area contributed by atoms with Crippen molar-refractivity contribution in [3.63, 3.8) is 0 Å². The smallest absolute Gasteiger partial charge is 0 e. The van der Waals surface area contributed by atoms with Gasteiger partial charge in [-0.25, -0.2) is 0 Å². The molecule has 0 amide bonds. The van der Waals surface area contributed by atoms with Crippen molar-refractivity contribution in [3.8, 4) is 0 Å². The molecule has 0 saturated carbocycles. The third-order valence-corrected chi connectivity index (χ3v) is 11.0. The second-order valence-corrected chi connectivity index (χ2v) is 13.1. The minimum Gasteiger partial charge on any atom is -0.0622 e. The van der Waals surface area contributed by atoms with Gasteiger partial charge >= 0.3 is 0 Å². The molecule has 0 aromatic heterocycles. The van der Waals surface area contributed by atoms with Gasteiger partial charge in [0.1, 0.15) is 0 Å². The van der Waals surface area contributed by atoms with Crippen molar-refractivity contribution >= 4 is 73.9 Å². The van der Waals surface area contributed by atoms with Gasteiger partial charge in [0.2, 0.25) is 0 Å². The predicted molar refractivity (Wildman–Crippen MR) is 176 cm³/mol. The second kappa shape index (κ2) is 15.6. The Balaban J connectivity index is 0.000000176. The van der Waals surface area contributed by atoms with E-state index in [9.17, 15) is 0 Å². The largest absolute Gasteiger partial charge is 0.0622 e. The maximum Gasteiger partial charge on any atom is 0 e. The van der Waals surface area contributed by atoms with Crippen molar-refractivity contribution in [2.24, 2.45) is 0 Å². The zero-order valence-corrected chi connectivity index (χ0v) is 26.9. The molecule has 39 heavy (non-hydrogen) atoms. The normalized spacial score (nSPS) is 10.3. The first-order valence-corrected chi connectivity index (χ1v) is 15.5. The van der Waals surface area contributed by atoms with Crippen molar-refractivity contribution in [1.82, 2.24) is 0 Å². The van der Waals surface area contributed by atoms with E-state index in [0.29, 0.717) is 0 Å². The Labute approximate surface area is 254 Å². The molecule has 3 heteroatoms. The van der Waals surface area contributed by atoms with Crippen LogP contribution >= 0.6 is 15.8 Å². The molecule has 0 N–H and O–H groups in total. The average Bonchev–Trinajstić information content (AvgIpc) is 3.01. The Hall–Kier alpha value is -2.94. The van der Waals surface area contributed by atoms with E-state index in [4.69, 9.17) is 0 Å². The van der Waals surface area contributed by atoms with Crippen LogP contribution in [0.4, 0.5) is 0 Å². The van der Waals surface area contributed by atoms with E-state index >= 15 is 0 Å². The summed E-state index contributed by atoms with van der Waals surface area (Å²) in [4.78, 5) is 0. The van der Waals surface area contributed by atoms with Gasteiger partial charge < -0.3 is 0 Å². The van der Waals surface area contributed by atoms with Crippen molar-refractivity contribution in [3.05, 3.63) is 182 Å². The van der Waals surface area contributed by atoms with Gasteiger partial charge in [0, 0.05) is 26.2 Å². The van der Waals surface area contributed by atoms with E-state index in [1.54, 1.807) is 0 Å². The van der Waals surface area contributed by atoms with Crippen LogP contribution in [-0.4, -0.2) is 26.2 Å². The molecular formula is C36H30BiP2. The molecular weight excluding hydrogens is 703 g/mol. The van der Waals surface area contributed by atoms with E-state index < -0.39 is 15.8 Å². The molecule has 0 saturated heterocycles. The van der Waals surface area contributed by atoms with E-state index in [2.05, 4.69) is 182 Å². The molecule has 0 bridgehead atoms. The summed E-state index contributed by atoms with van der Waals surface area (Å²) in [5, 5.41) is 8.39. The molecule has 0 fully saturated rings. The van der Waals surface area contributed by atoms with Crippen LogP contribution in [0.2, 0.25) is 0 Å². The first-order valence-electron chi connectivity index (χ1n) is 12.8. The molecule has 0 atom stereocenters. The summed E-state index contributed by atoms with van der Waals surface area (Å²) < 4.78 is 0. The number of rotatable bonds is 6. The minimum absolute atomic E-state index is 0. The monoisotopic (exact) mass is 733 g/mol. The zero-order chi connectivity index (χ0) is 25.8. The zero-order valence-electron chi connectivity index (χ0n) is 21.7. The molecule has 3 radical (unpaired) electrons. The molecule has 0 aliphatic heterocycles. The summed E-state index contributed by atoms with van der Waals surface area (Å²) in [5.41, 5.74) is 0. The van der Waals surface area contributed by atoms with E-state index in [0.717, 1.165) is 0 Å². The summed E-state index contributed by atoms with van der Waals surface area (Å²) in [7, 11) is -0.892. The number of hydrogen-bond acceptors (Lipinski definition) is 0. The van der Waals surface area contributed by atoms with Crippen LogP contribution in [-0.2, 0) is 0 Å². The molecule has 0 spiro atoms. The van der Waals surface area contributed by atoms with Crippen LogP contribution in [0.3, 0.4) is 0 Å². The third-order valence-electron chi connectivity index (χ3n) is 6.09. The maximum absolute atomic E-state index is 2.23. The number of benzene rings is 6. The van der Waals surface area contributed by atoms with Crippen LogP contribution in [0, 0.1) is 0 Å². The molecule has 6 rings (SSSR count). The van der Waals surface area contributed by atoms with Crippen molar-refractivity contribution < 1.29 is 0 Å². The summed E-state index contributed by atoms with van der Waals surface area (Å²) in [5.74, 6) is 0. The fourth-order valence-electron chi connectivity index (χ4n) is 4.36. The maximum atomic E-state index is 2.23. The average molecular weight is 734 g/mol. The first kappa shape index (κ1) is 29.1. The minimum atomic E-state index is -0.446. The third kappa shape index (κ3) is 8.04. The van der Waals surface area contributed by atoms with Crippen molar-refractivity contribution in [2.45, 2.75) is 0 Å². The van der Waals surface area contributed by atoms with Gasteiger partial charge in [0.25, 0.3) is 0 Å². The first-order chi connectivity index (χ1) is 18.9. The summed E-state index contributed by atoms with van der Waals surface area (Å²) in [6.07, 6.45) is 0. The molecule has 0 heterocycles. The van der Waals surface area contributed by atoms with Gasteiger partial charge in [-0.15, -0.1) is 0 Å². The van der Waals surface area contributed by atoms with Gasteiger partial charge in [0.05, 0.1) is 0 Å². The predicted octanol–water partition coefficient (Wildman–Crippen LogP) is 6.51. The summed E-state index contributed by atoms with van der Waals surface area (Å²) in [6.45, 7) is 0. The topological polar surface area (TPSA) is 0 Å². The molecule has 0 aliphatic rings. The van der Waals surface area contributed by atoms with Gasteiger partial charge in [-0.1, -0.05) is 182 Å². The van der Waals surface area contributed by atoms with E-state index in [1.165, 1.54) is 31.8 Å². The molecule has 0 aliphatic carbocycles. The fourth-order valence-corrected chi connectivity index (χ4v) is 8.97. The molecule has 0 nitrogen and oxygen atoms in total. The van der Waals surface area contributed by atoms with Crippen molar-refractivity contribution in [1.29, 1.82) is 0 Å². The van der Waals surface area contributed by atoms with Gasteiger partial charge in [-0.05, 0) is 47.7 Å². The second-order valence-electron chi connectivity index (χ2n) is 8.68. The van der Waals surface area contributed by atoms with Crippen molar-refractivity contribution in [2.75, 3.05) is 0 Å². The van der Waals surface area contributed by atoms with E-state index in [1.807, 2.05) is 0 Å². The van der Waals surface area contributed by atoms with Crippen LogP contribution in [0.25, 0.3) is 0 Å². The SMILES string of the molecule is [Bi].c1ccc(P(c2ccccc2)c2ccccc2)cc1.c1ccc(P(c2ccccc2)c2ccccc2)cc1. The van der Waals surface area contributed by atoms with Gasteiger partial charge in [-0.3, -0.25) is 0 Å². The molecule has 6 aromatic rings. The summed E-state index contributed by atoms with van der Waals surface area (Å²) >= 11 is 0.